The number of rotatable bonds is 4. The van der Waals surface area contributed by atoms with Gasteiger partial charge >= 0.3 is 5.97 Å². The molecule has 0 saturated heterocycles. The molecule has 1 saturated carbocycles. The Morgan fingerprint density at radius 3 is 2.29 bits per heavy atom. The monoisotopic (exact) mass is 289 g/mol. The largest absolute Gasteiger partial charge is 0.481 e. The predicted octanol–water partition coefficient (Wildman–Crippen LogP) is 3.10. The van der Waals surface area contributed by atoms with E-state index in [-0.39, 0.29) is 17.9 Å². The predicted molar refractivity (Wildman–Crippen MR) is 80.7 cm³/mol. The molecule has 4 heteroatoms. The molecule has 3 unspecified atom stereocenters. The maximum absolute atomic E-state index is 12.7. The Morgan fingerprint density at radius 1 is 1.14 bits per heavy atom. The van der Waals surface area contributed by atoms with Crippen LogP contribution in [0.1, 0.15) is 44.2 Å². The highest BCUT2D eigenvalue weighted by molar-refractivity contribution is 5.85. The van der Waals surface area contributed by atoms with Gasteiger partial charge in [-0.15, -0.1) is 0 Å². The summed E-state index contributed by atoms with van der Waals surface area (Å²) in [7, 11) is 1.77. The maximum Gasteiger partial charge on any atom is 0.307 e. The van der Waals surface area contributed by atoms with E-state index in [0.717, 1.165) is 18.4 Å². The quantitative estimate of drug-likeness (QED) is 0.926. The lowest BCUT2D eigenvalue weighted by Gasteiger charge is -2.34. The third kappa shape index (κ3) is 3.43. The number of amides is 1. The second-order valence-corrected chi connectivity index (χ2v) is 5.87. The van der Waals surface area contributed by atoms with Crippen molar-refractivity contribution in [3.05, 3.63) is 35.9 Å². The van der Waals surface area contributed by atoms with E-state index in [1.807, 2.05) is 37.3 Å². The fraction of sp³-hybridized carbons (Fsp3) is 0.529. The summed E-state index contributed by atoms with van der Waals surface area (Å²) in [6.07, 6.45) is 3.13. The highest BCUT2D eigenvalue weighted by Crippen LogP contribution is 2.33. The zero-order valence-corrected chi connectivity index (χ0v) is 12.7. The molecule has 0 heterocycles. The van der Waals surface area contributed by atoms with Gasteiger partial charge in [-0.05, 0) is 25.3 Å². The normalized spacial score (nSPS) is 23.3. The van der Waals surface area contributed by atoms with Crippen molar-refractivity contribution in [3.8, 4) is 0 Å². The Balaban J connectivity index is 2.12. The fourth-order valence-corrected chi connectivity index (χ4v) is 3.13. The first kappa shape index (κ1) is 15.5. The minimum absolute atomic E-state index is 0.0431. The van der Waals surface area contributed by atoms with Gasteiger partial charge in [0.05, 0.1) is 17.9 Å². The lowest BCUT2D eigenvalue weighted by atomic mass is 9.78. The zero-order chi connectivity index (χ0) is 15.4. The smallest absolute Gasteiger partial charge is 0.307 e. The van der Waals surface area contributed by atoms with E-state index >= 15 is 0 Å². The number of benzene rings is 1. The van der Waals surface area contributed by atoms with Gasteiger partial charge in [0.15, 0.2) is 0 Å². The van der Waals surface area contributed by atoms with E-state index in [0.29, 0.717) is 12.8 Å². The number of nitrogens with zero attached hydrogens (tertiary/aromatic N) is 1. The summed E-state index contributed by atoms with van der Waals surface area (Å²) >= 11 is 0. The van der Waals surface area contributed by atoms with E-state index in [2.05, 4.69) is 0 Å². The summed E-state index contributed by atoms with van der Waals surface area (Å²) in [5.41, 5.74) is 1.07. The average Bonchev–Trinajstić information content (AvgIpc) is 2.53. The number of hydrogen-bond donors (Lipinski definition) is 1. The molecule has 1 aliphatic rings. The molecule has 1 N–H and O–H groups in total. The van der Waals surface area contributed by atoms with Crippen LogP contribution in [0.4, 0.5) is 0 Å². The minimum atomic E-state index is -0.839. The lowest BCUT2D eigenvalue weighted by molar-refractivity contribution is -0.152. The van der Waals surface area contributed by atoms with Crippen LogP contribution in [0.5, 0.6) is 0 Å². The van der Waals surface area contributed by atoms with Crippen molar-refractivity contribution >= 4 is 11.9 Å². The Hall–Kier alpha value is -1.84. The van der Waals surface area contributed by atoms with Gasteiger partial charge in [0.25, 0.3) is 0 Å². The van der Waals surface area contributed by atoms with Gasteiger partial charge < -0.3 is 10.0 Å². The Labute approximate surface area is 125 Å². The van der Waals surface area contributed by atoms with Crippen LogP contribution in [0.15, 0.2) is 30.3 Å². The molecule has 2 rings (SSSR count). The molecule has 0 spiro atoms. The summed E-state index contributed by atoms with van der Waals surface area (Å²) in [6.45, 7) is 1.98. The van der Waals surface area contributed by atoms with Crippen molar-refractivity contribution in [1.82, 2.24) is 4.90 Å². The fourth-order valence-electron chi connectivity index (χ4n) is 3.13. The van der Waals surface area contributed by atoms with Crippen molar-refractivity contribution in [2.45, 2.75) is 38.6 Å². The minimum Gasteiger partial charge on any atom is -0.481 e. The zero-order valence-electron chi connectivity index (χ0n) is 12.7. The van der Waals surface area contributed by atoms with Crippen LogP contribution < -0.4 is 0 Å². The standard InChI is InChI=1S/C17H23NO3/c1-12(13-8-4-3-5-9-13)18(2)16(19)14-10-6-7-11-15(14)17(20)21/h3-5,8-9,12,14-15H,6-7,10-11H2,1-2H3,(H,20,21). The van der Waals surface area contributed by atoms with Crippen molar-refractivity contribution in [2.24, 2.45) is 11.8 Å². The molecule has 21 heavy (non-hydrogen) atoms. The topological polar surface area (TPSA) is 57.6 Å². The molecule has 1 aromatic carbocycles. The first-order valence-corrected chi connectivity index (χ1v) is 7.56. The first-order valence-electron chi connectivity index (χ1n) is 7.56. The van der Waals surface area contributed by atoms with Crippen LogP contribution in [0.2, 0.25) is 0 Å². The summed E-state index contributed by atoms with van der Waals surface area (Å²) in [5, 5.41) is 9.32. The molecule has 114 valence electrons. The number of aliphatic carboxylic acids is 1. The molecular formula is C17H23NO3. The van der Waals surface area contributed by atoms with E-state index in [1.165, 1.54) is 0 Å². The molecule has 0 aromatic heterocycles. The number of carboxylic acids is 1. The van der Waals surface area contributed by atoms with Gasteiger partial charge in [0, 0.05) is 7.05 Å². The molecule has 1 aliphatic carbocycles. The van der Waals surface area contributed by atoms with E-state index in [9.17, 15) is 14.7 Å². The van der Waals surface area contributed by atoms with E-state index in [1.54, 1.807) is 11.9 Å². The molecule has 0 radical (unpaired) electrons. The van der Waals surface area contributed by atoms with Gasteiger partial charge in [0.1, 0.15) is 0 Å². The highest BCUT2D eigenvalue weighted by atomic mass is 16.4. The molecule has 0 bridgehead atoms. The SMILES string of the molecule is CC(c1ccccc1)N(C)C(=O)C1CCCCC1C(=O)O. The first-order chi connectivity index (χ1) is 10.0. The van der Waals surface area contributed by atoms with Crippen LogP contribution in [0, 0.1) is 11.8 Å². The molecule has 1 amide bonds. The van der Waals surface area contributed by atoms with Crippen molar-refractivity contribution < 1.29 is 14.7 Å². The van der Waals surface area contributed by atoms with Crippen molar-refractivity contribution in [3.63, 3.8) is 0 Å². The number of carbonyl (C=O) groups is 2. The molecule has 3 atom stereocenters. The average molecular weight is 289 g/mol. The lowest BCUT2D eigenvalue weighted by Crippen LogP contribution is -2.41. The van der Waals surface area contributed by atoms with Crippen LogP contribution in [0.25, 0.3) is 0 Å². The molecule has 1 fully saturated rings. The Kier molecular flexibility index (Phi) is 4.99. The molecular weight excluding hydrogens is 266 g/mol. The number of carboxylic acid groups (broad SMARTS) is 1. The molecule has 4 nitrogen and oxygen atoms in total. The van der Waals surface area contributed by atoms with Crippen LogP contribution in [-0.2, 0) is 9.59 Å². The molecule has 0 aliphatic heterocycles. The Bertz CT molecular complexity index is 500. The van der Waals surface area contributed by atoms with Crippen LogP contribution in [0.3, 0.4) is 0 Å². The van der Waals surface area contributed by atoms with E-state index < -0.39 is 11.9 Å². The summed E-state index contributed by atoms with van der Waals surface area (Å²) in [5.74, 6) is -1.80. The van der Waals surface area contributed by atoms with Gasteiger partial charge in [0.2, 0.25) is 5.91 Å². The van der Waals surface area contributed by atoms with Crippen molar-refractivity contribution in [1.29, 1.82) is 0 Å². The van der Waals surface area contributed by atoms with Gasteiger partial charge in [-0.3, -0.25) is 9.59 Å². The highest BCUT2D eigenvalue weighted by Gasteiger charge is 2.38. The second kappa shape index (κ2) is 6.74. The van der Waals surface area contributed by atoms with Crippen LogP contribution >= 0.6 is 0 Å². The maximum atomic E-state index is 12.7. The second-order valence-electron chi connectivity index (χ2n) is 5.87. The third-order valence-electron chi connectivity index (χ3n) is 4.61. The van der Waals surface area contributed by atoms with Crippen molar-refractivity contribution in [2.75, 3.05) is 7.05 Å². The van der Waals surface area contributed by atoms with Gasteiger partial charge in [-0.25, -0.2) is 0 Å². The number of hydrogen-bond acceptors (Lipinski definition) is 2. The summed E-state index contributed by atoms with van der Waals surface area (Å²) in [4.78, 5) is 25.7. The molecule has 1 aromatic rings. The van der Waals surface area contributed by atoms with Gasteiger partial charge in [-0.2, -0.15) is 0 Å². The third-order valence-corrected chi connectivity index (χ3v) is 4.61. The van der Waals surface area contributed by atoms with E-state index in [4.69, 9.17) is 0 Å². The summed E-state index contributed by atoms with van der Waals surface area (Å²) in [6, 6.07) is 9.78. The Morgan fingerprint density at radius 2 is 1.71 bits per heavy atom. The van der Waals surface area contributed by atoms with Gasteiger partial charge in [-0.1, -0.05) is 43.2 Å². The van der Waals surface area contributed by atoms with Crippen LogP contribution in [-0.4, -0.2) is 28.9 Å². The summed E-state index contributed by atoms with van der Waals surface area (Å²) < 4.78 is 0. The number of carbonyl (C=O) groups excluding carboxylic acids is 1.